The third kappa shape index (κ3) is 4.64. The number of nitrogens with zero attached hydrogens (tertiary/aromatic N) is 1. The Balaban J connectivity index is 2.02. The van der Waals surface area contributed by atoms with Gasteiger partial charge in [0.15, 0.2) is 0 Å². The first-order chi connectivity index (χ1) is 6.83. The van der Waals surface area contributed by atoms with Gasteiger partial charge in [0.25, 0.3) is 0 Å². The summed E-state index contributed by atoms with van der Waals surface area (Å²) >= 11 is 0. The molecule has 1 unspecified atom stereocenters. The van der Waals surface area contributed by atoms with Gasteiger partial charge in [0.2, 0.25) is 0 Å². The van der Waals surface area contributed by atoms with E-state index in [1.165, 1.54) is 32.5 Å². The van der Waals surface area contributed by atoms with Gasteiger partial charge < -0.3 is 10.2 Å². The molecule has 80 valence electrons. The lowest BCUT2D eigenvalue weighted by atomic mass is 10.1. The molecule has 0 spiro atoms. The van der Waals surface area contributed by atoms with Gasteiger partial charge in [0.05, 0.1) is 6.54 Å². The Labute approximate surface area is 88.1 Å². The van der Waals surface area contributed by atoms with Crippen LogP contribution in [-0.2, 0) is 0 Å². The molecule has 1 N–H and O–H groups in total. The second kappa shape index (κ2) is 6.86. The van der Waals surface area contributed by atoms with E-state index in [0.717, 1.165) is 19.0 Å². The molecule has 0 aromatic carbocycles. The molecule has 14 heavy (non-hydrogen) atoms. The van der Waals surface area contributed by atoms with Gasteiger partial charge in [0, 0.05) is 6.54 Å². The lowest BCUT2D eigenvalue weighted by Gasteiger charge is -2.19. The van der Waals surface area contributed by atoms with Crippen molar-refractivity contribution >= 4 is 0 Å². The molecule has 2 nitrogen and oxygen atoms in total. The van der Waals surface area contributed by atoms with E-state index in [2.05, 4.69) is 29.0 Å². The highest BCUT2D eigenvalue weighted by molar-refractivity contribution is 4.96. The maximum Gasteiger partial charge on any atom is 0.0576 e. The molecule has 2 heteroatoms. The average molecular weight is 194 g/mol. The molecule has 0 aliphatic carbocycles. The van der Waals surface area contributed by atoms with E-state index < -0.39 is 0 Å². The molecule has 0 amide bonds. The Hall–Kier alpha value is -0.520. The first-order valence-corrected chi connectivity index (χ1v) is 5.65. The van der Waals surface area contributed by atoms with E-state index in [9.17, 15) is 0 Å². The van der Waals surface area contributed by atoms with Crippen molar-refractivity contribution in [2.45, 2.75) is 26.7 Å². The molecular formula is C12H22N2. The maximum absolute atomic E-state index is 3.36. The molecular weight excluding hydrogens is 172 g/mol. The van der Waals surface area contributed by atoms with Crippen molar-refractivity contribution in [1.29, 1.82) is 0 Å². The Bertz CT molecular complexity index is 196. The molecule has 1 heterocycles. The topological polar surface area (TPSA) is 15.3 Å². The van der Waals surface area contributed by atoms with Crippen LogP contribution in [0, 0.1) is 17.8 Å². The fourth-order valence-electron chi connectivity index (χ4n) is 1.94. The highest BCUT2D eigenvalue weighted by Gasteiger charge is 2.13. The Morgan fingerprint density at radius 3 is 2.71 bits per heavy atom. The van der Waals surface area contributed by atoms with Crippen molar-refractivity contribution in [2.75, 3.05) is 32.7 Å². The van der Waals surface area contributed by atoms with E-state index >= 15 is 0 Å². The third-order valence-electron chi connectivity index (χ3n) is 2.65. The lowest BCUT2D eigenvalue weighted by Crippen LogP contribution is -2.31. The predicted octanol–water partition coefficient (Wildman–Crippen LogP) is 1.33. The van der Waals surface area contributed by atoms with Crippen molar-refractivity contribution in [3.8, 4) is 11.8 Å². The van der Waals surface area contributed by atoms with Crippen molar-refractivity contribution in [3.63, 3.8) is 0 Å². The molecule has 0 bridgehead atoms. The molecule has 1 aliphatic heterocycles. The van der Waals surface area contributed by atoms with Crippen LogP contribution in [0.4, 0.5) is 0 Å². The summed E-state index contributed by atoms with van der Waals surface area (Å²) in [5.41, 5.74) is 0. The second-order valence-electron chi connectivity index (χ2n) is 4.17. The summed E-state index contributed by atoms with van der Waals surface area (Å²) in [6.45, 7) is 9.97. The smallest absolute Gasteiger partial charge is 0.0576 e. The zero-order valence-corrected chi connectivity index (χ0v) is 9.47. The van der Waals surface area contributed by atoms with E-state index in [4.69, 9.17) is 0 Å². The van der Waals surface area contributed by atoms with Gasteiger partial charge in [-0.3, -0.25) is 0 Å². The molecule has 0 saturated carbocycles. The minimum atomic E-state index is 0.742. The fourth-order valence-corrected chi connectivity index (χ4v) is 1.94. The number of rotatable bonds is 5. The zero-order valence-electron chi connectivity index (χ0n) is 9.47. The second-order valence-corrected chi connectivity index (χ2v) is 4.17. The van der Waals surface area contributed by atoms with Crippen LogP contribution in [-0.4, -0.2) is 37.6 Å². The van der Waals surface area contributed by atoms with Gasteiger partial charge in [-0.05, 0) is 45.3 Å². The van der Waals surface area contributed by atoms with E-state index in [1.54, 1.807) is 0 Å². The number of nitrogens with one attached hydrogen (secondary N) is 1. The van der Waals surface area contributed by atoms with E-state index in [-0.39, 0.29) is 0 Å². The summed E-state index contributed by atoms with van der Waals surface area (Å²) in [6, 6.07) is 0. The highest BCUT2D eigenvalue weighted by Crippen LogP contribution is 2.09. The van der Waals surface area contributed by atoms with Gasteiger partial charge in [-0.2, -0.15) is 0 Å². The molecule has 0 aromatic rings. The molecule has 1 atom stereocenters. The van der Waals surface area contributed by atoms with Crippen molar-refractivity contribution in [3.05, 3.63) is 0 Å². The van der Waals surface area contributed by atoms with E-state index in [0.29, 0.717) is 0 Å². The predicted molar refractivity (Wildman–Crippen MR) is 61.2 cm³/mol. The maximum atomic E-state index is 3.36. The summed E-state index contributed by atoms with van der Waals surface area (Å²) in [6.07, 6.45) is 2.78. The summed E-state index contributed by atoms with van der Waals surface area (Å²) in [4.78, 5) is 2.57. The van der Waals surface area contributed by atoms with Gasteiger partial charge in [-0.1, -0.05) is 12.8 Å². The zero-order chi connectivity index (χ0) is 10.2. The van der Waals surface area contributed by atoms with Gasteiger partial charge >= 0.3 is 0 Å². The van der Waals surface area contributed by atoms with Gasteiger partial charge in [0.1, 0.15) is 0 Å². The molecule has 1 saturated heterocycles. The van der Waals surface area contributed by atoms with Crippen molar-refractivity contribution < 1.29 is 0 Å². The molecule has 1 aliphatic rings. The molecule has 0 radical (unpaired) electrons. The average Bonchev–Trinajstić information content (AvgIpc) is 2.65. The third-order valence-corrected chi connectivity index (χ3v) is 2.65. The van der Waals surface area contributed by atoms with Crippen molar-refractivity contribution in [2.24, 2.45) is 5.92 Å². The van der Waals surface area contributed by atoms with Crippen LogP contribution in [0.2, 0.25) is 0 Å². The number of hydrogen-bond acceptors (Lipinski definition) is 2. The summed E-state index contributed by atoms with van der Waals surface area (Å²) in [5, 5.41) is 3.36. The number of likely N-dealkylation sites (tertiary alicyclic amines) is 1. The molecule has 1 fully saturated rings. The largest absolute Gasteiger partial charge is 0.306 e. The Morgan fingerprint density at radius 1 is 1.36 bits per heavy atom. The van der Waals surface area contributed by atoms with Crippen LogP contribution in [0.5, 0.6) is 0 Å². The van der Waals surface area contributed by atoms with Gasteiger partial charge in [-0.15, -0.1) is 5.92 Å². The monoisotopic (exact) mass is 194 g/mol. The molecule has 0 aromatic heterocycles. The first kappa shape index (κ1) is 11.6. The number of hydrogen-bond donors (Lipinski definition) is 1. The summed E-state index contributed by atoms with van der Waals surface area (Å²) < 4.78 is 0. The first-order valence-electron chi connectivity index (χ1n) is 5.65. The SMILES string of the molecule is CC#CCNCC(C)CN1CCCC1. The van der Waals surface area contributed by atoms with Crippen LogP contribution in [0.1, 0.15) is 26.7 Å². The van der Waals surface area contributed by atoms with Crippen LogP contribution >= 0.6 is 0 Å². The minimum absolute atomic E-state index is 0.742. The van der Waals surface area contributed by atoms with Crippen molar-refractivity contribution in [1.82, 2.24) is 10.2 Å². The van der Waals surface area contributed by atoms with E-state index in [1.807, 2.05) is 6.92 Å². The van der Waals surface area contributed by atoms with Crippen LogP contribution in [0.25, 0.3) is 0 Å². The lowest BCUT2D eigenvalue weighted by molar-refractivity contribution is 0.284. The highest BCUT2D eigenvalue weighted by atomic mass is 15.1. The quantitative estimate of drug-likeness (QED) is 0.525. The van der Waals surface area contributed by atoms with Gasteiger partial charge in [-0.25, -0.2) is 0 Å². The van der Waals surface area contributed by atoms with Crippen LogP contribution in [0.15, 0.2) is 0 Å². The molecule has 1 rings (SSSR count). The summed E-state index contributed by atoms with van der Waals surface area (Å²) in [7, 11) is 0. The van der Waals surface area contributed by atoms with Crippen LogP contribution < -0.4 is 5.32 Å². The van der Waals surface area contributed by atoms with Crippen LogP contribution in [0.3, 0.4) is 0 Å². The fraction of sp³-hybridized carbons (Fsp3) is 0.833. The standard InChI is InChI=1S/C12H22N2/c1-3-4-7-13-10-12(2)11-14-8-5-6-9-14/h12-13H,5-11H2,1-2H3. The minimum Gasteiger partial charge on any atom is -0.306 e. The Morgan fingerprint density at radius 2 is 2.07 bits per heavy atom. The summed E-state index contributed by atoms with van der Waals surface area (Å²) in [5.74, 6) is 6.66. The normalized spacial score (nSPS) is 19.0. The Kier molecular flexibility index (Phi) is 5.66.